The summed E-state index contributed by atoms with van der Waals surface area (Å²) < 4.78 is 0. The molecule has 0 aliphatic heterocycles. The predicted octanol–water partition coefficient (Wildman–Crippen LogP) is 4.39. The maximum Gasteiger partial charge on any atom is 0.115 e. The molecule has 0 unspecified atom stereocenters. The highest BCUT2D eigenvalue weighted by Crippen LogP contribution is 2.63. The molecule has 1 aromatic carbocycles. The number of unbranched alkanes of at least 4 members (excludes halogenated alkanes) is 2. The molecule has 3 heteroatoms. The second-order valence-corrected chi connectivity index (χ2v) is 9.35. The molecule has 0 radical (unpaired) electrons. The fraction of sp³-hybridized carbons (Fsp3) is 0.739. The van der Waals surface area contributed by atoms with Crippen molar-refractivity contribution >= 4 is 0 Å². The molecule has 0 spiro atoms. The van der Waals surface area contributed by atoms with Gasteiger partial charge < -0.3 is 15.3 Å². The van der Waals surface area contributed by atoms with Gasteiger partial charge in [-0.1, -0.05) is 25.8 Å². The molecule has 26 heavy (non-hydrogen) atoms. The molecule has 144 valence electrons. The zero-order chi connectivity index (χ0) is 18.3. The Labute approximate surface area is 157 Å². The van der Waals surface area contributed by atoms with Crippen LogP contribution < -0.4 is 0 Å². The molecule has 0 heterocycles. The number of phenols is 1. The minimum atomic E-state index is -0.144. The Balaban J connectivity index is 1.65. The molecule has 0 amide bonds. The highest BCUT2D eigenvalue weighted by Gasteiger charge is 2.57. The zero-order valence-corrected chi connectivity index (χ0v) is 16.0. The van der Waals surface area contributed by atoms with Crippen LogP contribution >= 0.6 is 0 Å². The van der Waals surface area contributed by atoms with Crippen molar-refractivity contribution in [2.24, 2.45) is 23.2 Å². The van der Waals surface area contributed by atoms with Crippen LogP contribution in [-0.2, 0) is 6.42 Å². The van der Waals surface area contributed by atoms with E-state index in [9.17, 15) is 10.2 Å². The zero-order valence-electron chi connectivity index (χ0n) is 16.0. The molecule has 3 nitrogen and oxygen atoms in total. The highest BCUT2D eigenvalue weighted by atomic mass is 16.3. The minimum absolute atomic E-state index is 0.0806. The van der Waals surface area contributed by atoms with Gasteiger partial charge in [-0.25, -0.2) is 0 Å². The summed E-state index contributed by atoms with van der Waals surface area (Å²) >= 11 is 0. The first-order valence-electron chi connectivity index (χ1n) is 10.7. The molecule has 2 fully saturated rings. The summed E-state index contributed by atoms with van der Waals surface area (Å²) in [7, 11) is 0. The van der Waals surface area contributed by atoms with Gasteiger partial charge in [0.1, 0.15) is 5.75 Å². The van der Waals surface area contributed by atoms with Gasteiger partial charge in [0, 0.05) is 6.61 Å². The molecular formula is C23H34O3. The normalized spacial score (nSPS) is 38.5. The molecule has 4 rings (SSSR count). The Bertz CT molecular complexity index is 642. The number of hydrogen-bond donors (Lipinski definition) is 3. The molecule has 0 bridgehead atoms. The van der Waals surface area contributed by atoms with Crippen molar-refractivity contribution < 1.29 is 15.3 Å². The summed E-state index contributed by atoms with van der Waals surface area (Å²) in [4.78, 5) is 0. The molecule has 3 N–H and O–H groups in total. The van der Waals surface area contributed by atoms with Gasteiger partial charge in [0.2, 0.25) is 0 Å². The maximum atomic E-state index is 10.8. The van der Waals surface area contributed by atoms with Crippen molar-refractivity contribution in [1.29, 1.82) is 0 Å². The third-order valence-corrected chi connectivity index (χ3v) is 8.01. The van der Waals surface area contributed by atoms with E-state index in [-0.39, 0.29) is 18.1 Å². The van der Waals surface area contributed by atoms with Crippen molar-refractivity contribution in [2.75, 3.05) is 6.61 Å². The lowest BCUT2D eigenvalue weighted by molar-refractivity contribution is -0.0501. The number of fused-ring (bicyclic) bond motifs is 5. The van der Waals surface area contributed by atoms with Crippen molar-refractivity contribution in [3.63, 3.8) is 0 Å². The van der Waals surface area contributed by atoms with Crippen LogP contribution in [0.5, 0.6) is 5.75 Å². The van der Waals surface area contributed by atoms with E-state index < -0.39 is 0 Å². The van der Waals surface area contributed by atoms with Crippen molar-refractivity contribution in [2.45, 2.75) is 76.7 Å². The Morgan fingerprint density at radius 1 is 1.12 bits per heavy atom. The Kier molecular flexibility index (Phi) is 5.04. The first-order chi connectivity index (χ1) is 12.5. The Morgan fingerprint density at radius 3 is 2.77 bits per heavy atom. The lowest BCUT2D eigenvalue weighted by Gasteiger charge is -2.54. The van der Waals surface area contributed by atoms with Gasteiger partial charge in [0.25, 0.3) is 0 Å². The van der Waals surface area contributed by atoms with Gasteiger partial charge in [0.05, 0.1) is 6.10 Å². The van der Waals surface area contributed by atoms with Crippen LogP contribution in [0.2, 0.25) is 0 Å². The van der Waals surface area contributed by atoms with Crippen LogP contribution in [0.25, 0.3) is 0 Å². The summed E-state index contributed by atoms with van der Waals surface area (Å²) in [6.45, 7) is 2.63. The van der Waals surface area contributed by atoms with Crippen LogP contribution in [0.3, 0.4) is 0 Å². The topological polar surface area (TPSA) is 60.7 Å². The highest BCUT2D eigenvalue weighted by molar-refractivity contribution is 5.40. The van der Waals surface area contributed by atoms with Crippen molar-refractivity contribution in [3.8, 4) is 5.75 Å². The third-order valence-electron chi connectivity index (χ3n) is 8.01. The molecule has 2 saturated carbocycles. The van der Waals surface area contributed by atoms with E-state index in [1.807, 2.05) is 12.1 Å². The smallest absolute Gasteiger partial charge is 0.115 e. The van der Waals surface area contributed by atoms with Crippen molar-refractivity contribution in [1.82, 2.24) is 0 Å². The number of benzene rings is 1. The molecule has 0 saturated heterocycles. The summed E-state index contributed by atoms with van der Waals surface area (Å²) in [5.74, 6) is 2.88. The average Bonchev–Trinajstić information content (AvgIpc) is 2.93. The number of phenolic OH excluding ortho intramolecular Hbond substituents is 1. The largest absolute Gasteiger partial charge is 0.508 e. The summed E-state index contributed by atoms with van der Waals surface area (Å²) in [6, 6.07) is 6.02. The maximum absolute atomic E-state index is 10.8. The molecule has 3 aliphatic rings. The summed E-state index contributed by atoms with van der Waals surface area (Å²) in [5, 5.41) is 29.8. The lowest BCUT2D eigenvalue weighted by atomic mass is 9.51. The monoisotopic (exact) mass is 358 g/mol. The third kappa shape index (κ3) is 2.97. The number of rotatable bonds is 5. The fourth-order valence-electron chi connectivity index (χ4n) is 6.82. The van der Waals surface area contributed by atoms with E-state index >= 15 is 0 Å². The van der Waals surface area contributed by atoms with E-state index in [4.69, 9.17) is 5.11 Å². The van der Waals surface area contributed by atoms with E-state index in [1.54, 1.807) is 0 Å². The van der Waals surface area contributed by atoms with Crippen LogP contribution in [0.4, 0.5) is 0 Å². The second kappa shape index (κ2) is 7.16. The molecule has 0 aromatic heterocycles. The van der Waals surface area contributed by atoms with Crippen molar-refractivity contribution in [3.05, 3.63) is 29.3 Å². The van der Waals surface area contributed by atoms with Gasteiger partial charge in [-0.15, -0.1) is 0 Å². The fourth-order valence-corrected chi connectivity index (χ4v) is 6.82. The van der Waals surface area contributed by atoms with Gasteiger partial charge in [0.15, 0.2) is 0 Å². The minimum Gasteiger partial charge on any atom is -0.508 e. The van der Waals surface area contributed by atoms with E-state index in [0.29, 0.717) is 29.4 Å². The molecule has 3 aliphatic carbocycles. The summed E-state index contributed by atoms with van der Waals surface area (Å²) in [6.07, 6.45) is 9.71. The number of aliphatic hydroxyl groups is 2. The number of aliphatic hydroxyl groups excluding tert-OH is 2. The van der Waals surface area contributed by atoms with Crippen LogP contribution in [0.15, 0.2) is 18.2 Å². The van der Waals surface area contributed by atoms with E-state index in [2.05, 4.69) is 13.0 Å². The van der Waals surface area contributed by atoms with Gasteiger partial charge in [-0.05, 0) is 97.3 Å². The van der Waals surface area contributed by atoms with Crippen LogP contribution in [0.1, 0.15) is 75.3 Å². The second-order valence-electron chi connectivity index (χ2n) is 9.35. The predicted molar refractivity (Wildman–Crippen MR) is 103 cm³/mol. The van der Waals surface area contributed by atoms with E-state index in [0.717, 1.165) is 32.1 Å². The average molecular weight is 359 g/mol. The Morgan fingerprint density at radius 2 is 1.96 bits per heavy atom. The number of aryl methyl sites for hydroxylation is 1. The van der Waals surface area contributed by atoms with Gasteiger partial charge in [-0.2, -0.15) is 0 Å². The summed E-state index contributed by atoms with van der Waals surface area (Å²) in [5.41, 5.74) is 2.89. The molecule has 6 atom stereocenters. The molecular weight excluding hydrogens is 324 g/mol. The van der Waals surface area contributed by atoms with Crippen LogP contribution in [0, 0.1) is 23.2 Å². The van der Waals surface area contributed by atoms with Gasteiger partial charge >= 0.3 is 0 Å². The number of aromatic hydroxyl groups is 1. The quantitative estimate of drug-likeness (QED) is 0.684. The van der Waals surface area contributed by atoms with Gasteiger partial charge in [-0.3, -0.25) is 0 Å². The standard InChI is InChI=1S/C23H34O3/c1-23-14-16(5-3-2-4-12-24)22-18-9-7-17(25)13-15(18)6-8-19(22)20(23)10-11-21(23)26/h7,9,13,16,19-22,24-26H,2-6,8,10-12,14H2,1H3/t16-,19-,20-,21-,22+,23-/m0/s1. The first kappa shape index (κ1) is 18.3. The van der Waals surface area contributed by atoms with Crippen LogP contribution in [-0.4, -0.2) is 28.0 Å². The molecule has 1 aromatic rings. The SMILES string of the molecule is C[C@]12C[C@H](CCCCCO)[C@@H]3c4ccc(O)cc4CC[C@H]3[C@@H]1CC[C@@H]2O. The first-order valence-corrected chi connectivity index (χ1v) is 10.7. The number of hydrogen-bond acceptors (Lipinski definition) is 3. The Hall–Kier alpha value is -1.06. The lowest BCUT2D eigenvalue weighted by Crippen LogP contribution is -2.47. The van der Waals surface area contributed by atoms with E-state index in [1.165, 1.54) is 36.8 Å².